The molecule has 0 unspecified atom stereocenters. The van der Waals surface area contributed by atoms with Gasteiger partial charge in [0.25, 0.3) is 5.91 Å². The van der Waals surface area contributed by atoms with Crippen molar-refractivity contribution in [2.75, 3.05) is 6.61 Å². The lowest BCUT2D eigenvalue weighted by molar-refractivity contribution is -0.144. The van der Waals surface area contributed by atoms with Crippen molar-refractivity contribution in [1.82, 2.24) is 10.3 Å². The van der Waals surface area contributed by atoms with Crippen molar-refractivity contribution in [3.63, 3.8) is 0 Å². The Hall–Kier alpha value is -2.70. The maximum Gasteiger partial charge on any atom is 0.331 e. The number of hydrogen-bond acceptors (Lipinski definition) is 5. The largest absolute Gasteiger partial charge is 0.452 e. The highest BCUT2D eigenvalue weighted by Gasteiger charge is 2.11. The van der Waals surface area contributed by atoms with Crippen molar-refractivity contribution in [2.45, 2.75) is 13.0 Å². The van der Waals surface area contributed by atoms with Gasteiger partial charge in [0.05, 0.1) is 16.3 Å². The Morgan fingerprint density at radius 1 is 1.22 bits per heavy atom. The number of hydrogen-bond donors (Lipinski definition) is 1. The molecule has 0 radical (unpaired) electrons. The van der Waals surface area contributed by atoms with Gasteiger partial charge in [-0.05, 0) is 42.8 Å². The number of nitrogens with one attached hydrogen (secondary N) is 1. The van der Waals surface area contributed by atoms with E-state index >= 15 is 0 Å². The highest BCUT2D eigenvalue weighted by atomic mass is 35.5. The van der Waals surface area contributed by atoms with Gasteiger partial charge in [-0.1, -0.05) is 35.9 Å². The number of halogens is 1. The second-order valence-electron chi connectivity index (χ2n) is 5.80. The number of rotatable bonds is 6. The van der Waals surface area contributed by atoms with Gasteiger partial charge in [-0.2, -0.15) is 0 Å². The molecule has 1 amide bonds. The van der Waals surface area contributed by atoms with Crippen molar-refractivity contribution >= 4 is 51.1 Å². The zero-order chi connectivity index (χ0) is 19.2. The van der Waals surface area contributed by atoms with Gasteiger partial charge in [0.2, 0.25) is 0 Å². The van der Waals surface area contributed by atoms with Gasteiger partial charge in [0, 0.05) is 11.1 Å². The van der Waals surface area contributed by atoms with Crippen molar-refractivity contribution in [2.24, 2.45) is 0 Å². The molecule has 1 aromatic heterocycles. The summed E-state index contributed by atoms with van der Waals surface area (Å²) in [6.45, 7) is 1.50. The molecule has 27 heavy (non-hydrogen) atoms. The number of carbonyl (C=O) groups excluding carboxylic acids is 2. The van der Waals surface area contributed by atoms with Crippen LogP contribution >= 0.6 is 22.9 Å². The van der Waals surface area contributed by atoms with Crippen LogP contribution in [0.1, 0.15) is 23.5 Å². The highest BCUT2D eigenvalue weighted by Crippen LogP contribution is 2.22. The first-order chi connectivity index (χ1) is 13.0. The Kier molecular flexibility index (Phi) is 6.21. The number of esters is 1. The number of ether oxygens (including phenoxy) is 1. The van der Waals surface area contributed by atoms with Crippen LogP contribution in [0.5, 0.6) is 0 Å². The third-order valence-electron chi connectivity index (χ3n) is 3.77. The Balaban J connectivity index is 1.48. The van der Waals surface area contributed by atoms with Crippen LogP contribution in [0.15, 0.2) is 54.6 Å². The first-order valence-corrected chi connectivity index (χ1v) is 9.46. The number of nitrogens with zero attached hydrogens (tertiary/aromatic N) is 1. The summed E-state index contributed by atoms with van der Waals surface area (Å²) < 4.78 is 6.02. The standard InChI is InChI=1S/C20H17ClN2O3S/c1-13(14-6-8-15(21)9-7-14)22-18(24)12-26-20(25)11-10-19-23-16-4-2-3-5-17(16)27-19/h2-11,13H,12H2,1H3,(H,22,24)/b11-10+/t13-/m1/s1. The molecule has 1 N–H and O–H groups in total. The third kappa shape index (κ3) is 5.39. The molecule has 0 bridgehead atoms. The summed E-state index contributed by atoms with van der Waals surface area (Å²) in [4.78, 5) is 28.1. The maximum atomic E-state index is 11.9. The van der Waals surface area contributed by atoms with Crippen molar-refractivity contribution in [3.05, 3.63) is 70.2 Å². The van der Waals surface area contributed by atoms with E-state index in [1.165, 1.54) is 17.4 Å². The Labute approximate surface area is 165 Å². The van der Waals surface area contributed by atoms with E-state index in [1.807, 2.05) is 43.3 Å². The lowest BCUT2D eigenvalue weighted by Gasteiger charge is -2.14. The van der Waals surface area contributed by atoms with E-state index in [0.29, 0.717) is 10.0 Å². The second kappa shape index (κ2) is 8.79. The number of carbonyl (C=O) groups is 2. The summed E-state index contributed by atoms with van der Waals surface area (Å²) >= 11 is 7.32. The summed E-state index contributed by atoms with van der Waals surface area (Å²) in [5.74, 6) is -0.970. The molecule has 0 aliphatic rings. The molecule has 0 saturated heterocycles. The van der Waals surface area contributed by atoms with Gasteiger partial charge in [0.1, 0.15) is 5.01 Å². The molecule has 0 aliphatic carbocycles. The molecule has 1 atom stereocenters. The molecule has 0 fully saturated rings. The van der Waals surface area contributed by atoms with Crippen molar-refractivity contribution < 1.29 is 14.3 Å². The first-order valence-electron chi connectivity index (χ1n) is 8.26. The number of aromatic nitrogens is 1. The molecule has 0 spiro atoms. The molecule has 7 heteroatoms. The Bertz CT molecular complexity index is 949. The van der Waals surface area contributed by atoms with Gasteiger partial charge in [-0.3, -0.25) is 4.79 Å². The van der Waals surface area contributed by atoms with E-state index in [4.69, 9.17) is 16.3 Å². The minimum Gasteiger partial charge on any atom is -0.452 e. The van der Waals surface area contributed by atoms with Gasteiger partial charge < -0.3 is 10.1 Å². The molecule has 3 rings (SSSR count). The van der Waals surface area contributed by atoms with Crippen LogP contribution < -0.4 is 5.32 Å². The predicted molar refractivity (Wildman–Crippen MR) is 108 cm³/mol. The van der Waals surface area contributed by atoms with E-state index in [2.05, 4.69) is 10.3 Å². The second-order valence-corrected chi connectivity index (χ2v) is 7.30. The van der Waals surface area contributed by atoms with E-state index in [0.717, 1.165) is 15.8 Å². The lowest BCUT2D eigenvalue weighted by Crippen LogP contribution is -2.30. The SMILES string of the molecule is C[C@@H](NC(=O)COC(=O)/C=C/c1nc2ccccc2s1)c1ccc(Cl)cc1. The van der Waals surface area contributed by atoms with Crippen LogP contribution in [0.3, 0.4) is 0 Å². The lowest BCUT2D eigenvalue weighted by atomic mass is 10.1. The summed E-state index contributed by atoms with van der Waals surface area (Å²) in [6.07, 6.45) is 2.86. The molecule has 5 nitrogen and oxygen atoms in total. The Morgan fingerprint density at radius 2 is 1.96 bits per heavy atom. The topological polar surface area (TPSA) is 68.3 Å². The average molecular weight is 401 g/mol. The molecular formula is C20H17ClN2O3S. The fourth-order valence-electron chi connectivity index (χ4n) is 2.40. The van der Waals surface area contributed by atoms with Gasteiger partial charge in [-0.15, -0.1) is 11.3 Å². The summed E-state index contributed by atoms with van der Waals surface area (Å²) in [7, 11) is 0. The van der Waals surface area contributed by atoms with Crippen LogP contribution in [-0.2, 0) is 14.3 Å². The number of para-hydroxylation sites is 1. The van der Waals surface area contributed by atoms with E-state index in [9.17, 15) is 9.59 Å². The molecule has 138 valence electrons. The smallest absolute Gasteiger partial charge is 0.331 e. The number of benzene rings is 2. The minimum absolute atomic E-state index is 0.216. The fourth-order valence-corrected chi connectivity index (χ4v) is 3.40. The molecule has 2 aromatic carbocycles. The third-order valence-corrected chi connectivity index (χ3v) is 5.02. The van der Waals surface area contributed by atoms with Crippen molar-refractivity contribution in [1.29, 1.82) is 0 Å². The number of amides is 1. The molecule has 0 aliphatic heterocycles. The predicted octanol–water partition coefficient (Wildman–Crippen LogP) is 4.38. The normalized spacial score (nSPS) is 12.2. The maximum absolute atomic E-state index is 11.9. The van der Waals surface area contributed by atoms with Gasteiger partial charge >= 0.3 is 5.97 Å². The number of fused-ring (bicyclic) bond motifs is 1. The highest BCUT2D eigenvalue weighted by molar-refractivity contribution is 7.19. The molecule has 3 aromatic rings. The summed E-state index contributed by atoms with van der Waals surface area (Å²) in [5, 5.41) is 4.10. The average Bonchev–Trinajstić information content (AvgIpc) is 3.08. The van der Waals surface area contributed by atoms with Crippen molar-refractivity contribution in [3.8, 4) is 0 Å². The van der Waals surface area contributed by atoms with Gasteiger partial charge in [-0.25, -0.2) is 9.78 Å². The summed E-state index contributed by atoms with van der Waals surface area (Å²) in [6, 6.07) is 14.7. The zero-order valence-corrected chi connectivity index (χ0v) is 16.1. The van der Waals surface area contributed by atoms with E-state index in [1.54, 1.807) is 18.2 Å². The Morgan fingerprint density at radius 3 is 2.70 bits per heavy atom. The van der Waals surface area contributed by atoms with Crippen LogP contribution in [0, 0.1) is 0 Å². The minimum atomic E-state index is -0.594. The van der Waals surface area contributed by atoms with E-state index in [-0.39, 0.29) is 18.6 Å². The van der Waals surface area contributed by atoms with Crippen LogP contribution in [0.2, 0.25) is 5.02 Å². The first kappa shape index (κ1) is 19.1. The van der Waals surface area contributed by atoms with Crippen LogP contribution in [0.25, 0.3) is 16.3 Å². The van der Waals surface area contributed by atoms with E-state index < -0.39 is 5.97 Å². The zero-order valence-electron chi connectivity index (χ0n) is 14.5. The summed E-state index contributed by atoms with van der Waals surface area (Å²) in [5.41, 5.74) is 1.79. The molecule has 0 saturated carbocycles. The van der Waals surface area contributed by atoms with Crippen LogP contribution in [-0.4, -0.2) is 23.5 Å². The fraction of sp³-hybridized carbons (Fsp3) is 0.150. The molecular weight excluding hydrogens is 384 g/mol. The molecule has 1 heterocycles. The monoisotopic (exact) mass is 400 g/mol. The van der Waals surface area contributed by atoms with Gasteiger partial charge in [0.15, 0.2) is 6.61 Å². The van der Waals surface area contributed by atoms with Crippen LogP contribution in [0.4, 0.5) is 0 Å². The quantitative estimate of drug-likeness (QED) is 0.492. The number of thiazole rings is 1.